The lowest BCUT2D eigenvalue weighted by atomic mass is 9.84. The van der Waals surface area contributed by atoms with Crippen LogP contribution in [0.5, 0.6) is 0 Å². The number of hydrogen-bond acceptors (Lipinski definition) is 14. The van der Waals surface area contributed by atoms with Gasteiger partial charge in [-0.1, -0.05) is 66.2 Å². The van der Waals surface area contributed by atoms with E-state index < -0.39 is 87.0 Å². The number of sulfone groups is 1. The van der Waals surface area contributed by atoms with E-state index in [4.69, 9.17) is 20.6 Å². The number of piperidine rings is 1. The number of thioether (sulfide) groups is 1. The Kier molecular flexibility index (Phi) is 19.1. The molecule has 0 radical (unpaired) electrons. The molecule has 1 fully saturated rings. The molecule has 27 heteroatoms. The molecule has 7 N–H and O–H groups in total. The maximum atomic E-state index is 14.3. The molecule has 6 rings (SSSR count). The maximum Gasteiger partial charge on any atom is 0.501 e. The number of benzene rings is 5. The van der Waals surface area contributed by atoms with Gasteiger partial charge in [0, 0.05) is 52.6 Å². The molecule has 1 amide bonds. The summed E-state index contributed by atoms with van der Waals surface area (Å²) in [5.74, 6) is -1.29. The average molecular weight is 1140 g/mol. The van der Waals surface area contributed by atoms with Gasteiger partial charge in [0.15, 0.2) is 0 Å². The highest BCUT2D eigenvalue weighted by molar-refractivity contribution is 7.99. The van der Waals surface area contributed by atoms with Crippen LogP contribution in [-0.4, -0.2) is 102 Å². The van der Waals surface area contributed by atoms with Gasteiger partial charge in [-0.2, -0.15) is 13.2 Å². The fourth-order valence-corrected chi connectivity index (χ4v) is 12.4. The van der Waals surface area contributed by atoms with Crippen molar-refractivity contribution in [3.8, 4) is 11.1 Å². The molecule has 5 aromatic rings. The van der Waals surface area contributed by atoms with E-state index in [9.17, 15) is 68.6 Å². The third kappa shape index (κ3) is 15.8. The Morgan fingerprint density at radius 1 is 0.836 bits per heavy atom. The summed E-state index contributed by atoms with van der Waals surface area (Å²) in [5.41, 5.74) is -3.53. The Balaban J connectivity index is 1.18. The summed E-state index contributed by atoms with van der Waals surface area (Å²) in [6.45, 7) is 2.96. The number of sulfonamides is 1. The molecule has 4 atom stereocenters. The second kappa shape index (κ2) is 24.1. The predicted molar refractivity (Wildman–Crippen MR) is 269 cm³/mol. The molecule has 73 heavy (non-hydrogen) atoms. The standard InChI is InChI=1S/C46H52ClF3N4O14P2S3/c1-30(67-69(57,58)59)54(31(2)68-70(60,61)62)27-24-36(29-71-38-8-4-3-5-9-38)51-42-21-20-39(28-43(42)72(63,64)46(48,49)50)73(65,66)52-45(56)34-14-18-37(19-15-34)53-25-22-33(23-26-53)44(55)41-11-7-6-10-40(41)32-12-16-35(47)17-13-32/h3-21,28,30-31,33,36,44,51,55H,22-27,29H2,1-2H3,(H,52,56)(H2,57,58,59)(H2,60,61,62)/t30?,31?,36-,44-/m1/s1. The molecule has 1 aliphatic heterocycles. The topological polar surface area (TPSA) is 270 Å². The van der Waals surface area contributed by atoms with Crippen molar-refractivity contribution >= 4 is 76.2 Å². The summed E-state index contributed by atoms with van der Waals surface area (Å²) in [4.78, 5) is 52.3. The number of nitrogens with one attached hydrogen (secondary N) is 2. The Bertz CT molecular complexity index is 2990. The third-order valence-electron chi connectivity index (χ3n) is 11.8. The zero-order valence-electron chi connectivity index (χ0n) is 38.8. The summed E-state index contributed by atoms with van der Waals surface area (Å²) in [7, 11) is -21.8. The first-order valence-electron chi connectivity index (χ1n) is 22.2. The quantitative estimate of drug-likeness (QED) is 0.0194. The van der Waals surface area contributed by atoms with Gasteiger partial charge in [-0.3, -0.25) is 18.7 Å². The summed E-state index contributed by atoms with van der Waals surface area (Å²) in [6, 6.07) is 30.1. The van der Waals surface area contributed by atoms with Gasteiger partial charge in [0.05, 0.1) is 16.7 Å². The van der Waals surface area contributed by atoms with Crippen LogP contribution < -0.4 is 14.9 Å². The van der Waals surface area contributed by atoms with Crippen LogP contribution in [0.2, 0.25) is 5.02 Å². The van der Waals surface area contributed by atoms with Gasteiger partial charge in [-0.05, 0) is 122 Å². The van der Waals surface area contributed by atoms with Crippen LogP contribution in [0.1, 0.15) is 55.1 Å². The van der Waals surface area contributed by atoms with Gasteiger partial charge in [0.1, 0.15) is 17.4 Å². The number of carbonyl (C=O) groups is 1. The van der Waals surface area contributed by atoms with E-state index in [1.807, 2.05) is 41.3 Å². The smallest absolute Gasteiger partial charge is 0.388 e. The van der Waals surface area contributed by atoms with Crippen LogP contribution in [0.25, 0.3) is 11.1 Å². The molecule has 0 spiro atoms. The largest absolute Gasteiger partial charge is 0.501 e. The van der Waals surface area contributed by atoms with Crippen LogP contribution in [0, 0.1) is 5.92 Å². The highest BCUT2D eigenvalue weighted by Gasteiger charge is 2.48. The summed E-state index contributed by atoms with van der Waals surface area (Å²) < 4.78 is 131. The molecular formula is C46H52ClF3N4O14P2S3. The minimum Gasteiger partial charge on any atom is -0.388 e. The number of carbonyl (C=O) groups excluding carboxylic acids is 1. The van der Waals surface area contributed by atoms with E-state index in [1.54, 1.807) is 59.3 Å². The molecule has 0 bridgehead atoms. The monoisotopic (exact) mass is 1130 g/mol. The van der Waals surface area contributed by atoms with Crippen LogP contribution >= 0.6 is 39.0 Å². The lowest BCUT2D eigenvalue weighted by molar-refractivity contribution is -0.0771. The van der Waals surface area contributed by atoms with E-state index in [0.29, 0.717) is 41.5 Å². The Morgan fingerprint density at radius 2 is 1.41 bits per heavy atom. The SMILES string of the molecule is CC(OP(=O)(O)O)N(CC[C@H](CSc1ccccc1)Nc1ccc(S(=O)(=O)NC(=O)c2ccc(N3CCC([C@@H](O)c4ccccc4-c4ccc(Cl)cc4)CC3)cc2)cc1S(=O)(=O)C(F)(F)F)C(C)OP(=O)(O)O. The third-order valence-corrected chi connectivity index (χ3v) is 17.2. The lowest BCUT2D eigenvalue weighted by Gasteiger charge is -2.36. The zero-order valence-corrected chi connectivity index (χ0v) is 43.8. The normalized spacial score (nSPS) is 15.9. The first-order chi connectivity index (χ1) is 34.1. The average Bonchev–Trinajstić information content (AvgIpc) is 3.32. The van der Waals surface area contributed by atoms with Gasteiger partial charge in [-0.15, -0.1) is 11.8 Å². The fraction of sp³-hybridized carbons (Fsp3) is 0.326. The van der Waals surface area contributed by atoms with Crippen molar-refractivity contribution in [3.05, 3.63) is 137 Å². The van der Waals surface area contributed by atoms with Crippen molar-refractivity contribution in [1.82, 2.24) is 9.62 Å². The van der Waals surface area contributed by atoms with Crippen LogP contribution in [0.4, 0.5) is 24.5 Å². The molecule has 0 aliphatic carbocycles. The number of alkyl halides is 3. The van der Waals surface area contributed by atoms with Gasteiger partial charge >= 0.3 is 21.2 Å². The molecule has 0 saturated carbocycles. The van der Waals surface area contributed by atoms with E-state index in [-0.39, 0.29) is 36.3 Å². The van der Waals surface area contributed by atoms with E-state index in [0.717, 1.165) is 59.3 Å². The van der Waals surface area contributed by atoms with Gasteiger partial charge in [0.2, 0.25) is 0 Å². The van der Waals surface area contributed by atoms with Crippen molar-refractivity contribution in [1.29, 1.82) is 0 Å². The number of phosphoric acid groups is 2. The molecule has 0 aromatic heterocycles. The molecule has 396 valence electrons. The zero-order chi connectivity index (χ0) is 53.5. The molecule has 5 aromatic carbocycles. The van der Waals surface area contributed by atoms with Crippen molar-refractivity contribution in [2.45, 2.75) is 77.9 Å². The highest BCUT2D eigenvalue weighted by Crippen LogP contribution is 2.43. The van der Waals surface area contributed by atoms with Gasteiger partial charge in [-0.25, -0.2) is 30.7 Å². The Morgan fingerprint density at radius 3 is 1.99 bits per heavy atom. The number of hydrogen-bond donors (Lipinski definition) is 7. The number of amides is 1. The lowest BCUT2D eigenvalue weighted by Crippen LogP contribution is -2.44. The van der Waals surface area contributed by atoms with Gasteiger partial charge < -0.3 is 34.9 Å². The first-order valence-corrected chi connectivity index (χ1v) is 29.6. The number of aliphatic hydroxyl groups is 1. The predicted octanol–water partition coefficient (Wildman–Crippen LogP) is 8.54. The molecule has 1 heterocycles. The summed E-state index contributed by atoms with van der Waals surface area (Å²) in [6.07, 6.45) is -2.92. The number of anilines is 2. The number of nitrogens with zero attached hydrogens (tertiary/aromatic N) is 2. The first kappa shape index (κ1) is 57.9. The molecule has 1 aliphatic rings. The molecule has 2 unspecified atom stereocenters. The molecular weight excluding hydrogens is 1080 g/mol. The van der Waals surface area contributed by atoms with E-state index >= 15 is 0 Å². The maximum absolute atomic E-state index is 14.3. The Labute approximate surface area is 429 Å². The van der Waals surface area contributed by atoms with Crippen LogP contribution in [0.15, 0.2) is 136 Å². The van der Waals surface area contributed by atoms with Gasteiger partial charge in [0.25, 0.3) is 25.8 Å². The van der Waals surface area contributed by atoms with Crippen molar-refractivity contribution in [2.24, 2.45) is 5.92 Å². The second-order valence-corrected chi connectivity index (χ2v) is 24.3. The number of phosphoric ester groups is 2. The number of halogens is 4. The number of rotatable bonds is 22. The summed E-state index contributed by atoms with van der Waals surface area (Å²) >= 11 is 7.25. The Hall–Kier alpha value is -4.36. The van der Waals surface area contributed by atoms with E-state index in [1.165, 1.54) is 12.1 Å². The van der Waals surface area contributed by atoms with Crippen LogP contribution in [0.3, 0.4) is 0 Å². The van der Waals surface area contributed by atoms with Crippen molar-refractivity contribution < 1.29 is 77.7 Å². The van der Waals surface area contributed by atoms with E-state index in [2.05, 4.69) is 5.32 Å². The summed E-state index contributed by atoms with van der Waals surface area (Å²) in [5, 5.41) is 14.8. The molecule has 18 nitrogen and oxygen atoms in total. The minimum absolute atomic E-state index is 0.0397. The highest BCUT2D eigenvalue weighted by atomic mass is 35.5. The minimum atomic E-state index is -6.33. The van der Waals surface area contributed by atoms with Crippen molar-refractivity contribution in [2.75, 3.05) is 35.6 Å². The molecule has 1 saturated heterocycles. The fourth-order valence-electron chi connectivity index (χ4n) is 8.19. The number of aliphatic hydroxyl groups excluding tert-OH is 1. The van der Waals surface area contributed by atoms with Crippen molar-refractivity contribution in [3.63, 3.8) is 0 Å². The second-order valence-electron chi connectivity index (χ2n) is 16.8. The van der Waals surface area contributed by atoms with Crippen LogP contribution in [-0.2, 0) is 38.0 Å².